The highest BCUT2D eigenvalue weighted by Gasteiger charge is 2.30. The van der Waals surface area contributed by atoms with Gasteiger partial charge in [0, 0.05) is 30.7 Å². The Labute approximate surface area is 123 Å². The number of furan rings is 1. The Morgan fingerprint density at radius 2 is 2.05 bits per heavy atom. The van der Waals surface area contributed by atoms with Gasteiger partial charge in [-0.2, -0.15) is 0 Å². The molecule has 0 bridgehead atoms. The molecule has 114 valence electrons. The molecule has 2 heterocycles. The van der Waals surface area contributed by atoms with Crippen LogP contribution in [0, 0.1) is 19.3 Å². The Kier molecular flexibility index (Phi) is 4.60. The largest absolute Gasteiger partial charge is 0.466 e. The first-order chi connectivity index (χ1) is 9.29. The van der Waals surface area contributed by atoms with Crippen LogP contribution in [-0.2, 0) is 0 Å². The lowest BCUT2D eigenvalue weighted by Gasteiger charge is -2.36. The van der Waals surface area contributed by atoms with E-state index in [4.69, 9.17) is 4.42 Å². The molecule has 1 aliphatic heterocycles. The number of nitrogens with zero attached hydrogens (tertiary/aromatic N) is 1. The molecule has 1 aromatic rings. The summed E-state index contributed by atoms with van der Waals surface area (Å²) in [7, 11) is 0. The van der Waals surface area contributed by atoms with Gasteiger partial charge in [0.25, 0.3) is 0 Å². The molecule has 0 aliphatic carbocycles. The van der Waals surface area contributed by atoms with Gasteiger partial charge in [0.2, 0.25) is 0 Å². The molecule has 0 spiro atoms. The van der Waals surface area contributed by atoms with Gasteiger partial charge in [-0.25, -0.2) is 0 Å². The molecule has 1 N–H and O–H groups in total. The molecule has 2 atom stereocenters. The first-order valence-corrected chi connectivity index (χ1v) is 7.83. The third-order valence-corrected chi connectivity index (χ3v) is 4.55. The van der Waals surface area contributed by atoms with E-state index in [-0.39, 0.29) is 0 Å². The van der Waals surface area contributed by atoms with Crippen LogP contribution in [0.3, 0.4) is 0 Å². The Hall–Kier alpha value is -0.800. The molecule has 3 nitrogen and oxygen atoms in total. The molecule has 1 saturated heterocycles. The van der Waals surface area contributed by atoms with E-state index in [0.29, 0.717) is 17.5 Å². The topological polar surface area (TPSA) is 28.4 Å². The Morgan fingerprint density at radius 3 is 2.60 bits per heavy atom. The van der Waals surface area contributed by atoms with E-state index in [1.54, 1.807) is 0 Å². The van der Waals surface area contributed by atoms with Gasteiger partial charge in [0.1, 0.15) is 11.5 Å². The van der Waals surface area contributed by atoms with E-state index in [1.807, 2.05) is 6.92 Å². The van der Waals surface area contributed by atoms with Crippen molar-refractivity contribution < 1.29 is 4.42 Å². The van der Waals surface area contributed by atoms with Crippen molar-refractivity contribution in [2.75, 3.05) is 19.6 Å². The molecule has 1 fully saturated rings. The monoisotopic (exact) mass is 278 g/mol. The molecule has 1 aromatic heterocycles. The Bertz CT molecular complexity index is 444. The van der Waals surface area contributed by atoms with Crippen molar-refractivity contribution in [1.29, 1.82) is 0 Å². The first-order valence-electron chi connectivity index (χ1n) is 7.83. The van der Waals surface area contributed by atoms with E-state index in [2.05, 4.69) is 50.9 Å². The molecule has 0 radical (unpaired) electrons. The van der Waals surface area contributed by atoms with Gasteiger partial charge < -0.3 is 9.73 Å². The smallest absolute Gasteiger partial charge is 0.105 e. The highest BCUT2D eigenvalue weighted by molar-refractivity contribution is 5.23. The minimum atomic E-state index is 0.295. The predicted molar refractivity (Wildman–Crippen MR) is 84.0 cm³/mol. The Morgan fingerprint density at radius 1 is 1.35 bits per heavy atom. The molecule has 3 heteroatoms. The highest BCUT2D eigenvalue weighted by Crippen LogP contribution is 2.29. The summed E-state index contributed by atoms with van der Waals surface area (Å²) in [6.45, 7) is 16.8. The summed E-state index contributed by atoms with van der Waals surface area (Å²) in [6.07, 6.45) is 1.22. The fraction of sp³-hybridized carbons (Fsp3) is 0.765. The van der Waals surface area contributed by atoms with E-state index >= 15 is 0 Å². The standard InChI is InChI=1S/C17H30N2O/c1-12-10-15(14(3)20-12)13(2)19-9-7-8-18-16(11-19)17(4,5)6/h10,13,16,18H,7-9,11H2,1-6H3. The molecular weight excluding hydrogens is 248 g/mol. The number of aryl methyl sites for hydroxylation is 2. The van der Waals surface area contributed by atoms with Gasteiger partial charge in [-0.3, -0.25) is 4.90 Å². The summed E-state index contributed by atoms with van der Waals surface area (Å²) in [6, 6.07) is 3.17. The van der Waals surface area contributed by atoms with Crippen LogP contribution in [0.1, 0.15) is 57.2 Å². The van der Waals surface area contributed by atoms with Gasteiger partial charge in [-0.1, -0.05) is 20.8 Å². The summed E-state index contributed by atoms with van der Waals surface area (Å²) in [5.41, 5.74) is 1.64. The maximum atomic E-state index is 5.71. The average molecular weight is 278 g/mol. The number of nitrogens with one attached hydrogen (secondary N) is 1. The first kappa shape index (κ1) is 15.6. The molecule has 1 aliphatic rings. The van der Waals surface area contributed by atoms with Crippen molar-refractivity contribution in [2.45, 2.75) is 60.0 Å². The molecule has 2 unspecified atom stereocenters. The SMILES string of the molecule is Cc1cc(C(C)N2CCCNC(C(C)(C)C)C2)c(C)o1. The number of hydrogen-bond donors (Lipinski definition) is 1. The van der Waals surface area contributed by atoms with Crippen molar-refractivity contribution in [2.24, 2.45) is 5.41 Å². The lowest BCUT2D eigenvalue weighted by molar-refractivity contribution is 0.161. The summed E-state index contributed by atoms with van der Waals surface area (Å²) in [4.78, 5) is 2.60. The van der Waals surface area contributed by atoms with Gasteiger partial charge in [-0.15, -0.1) is 0 Å². The average Bonchev–Trinajstić information content (AvgIpc) is 2.56. The van der Waals surface area contributed by atoms with E-state index in [1.165, 1.54) is 12.0 Å². The second-order valence-corrected chi connectivity index (χ2v) is 7.27. The molecule has 0 amide bonds. The Balaban J connectivity index is 2.16. The summed E-state index contributed by atoms with van der Waals surface area (Å²) >= 11 is 0. The van der Waals surface area contributed by atoms with Crippen LogP contribution in [0.2, 0.25) is 0 Å². The van der Waals surface area contributed by atoms with Gasteiger partial charge >= 0.3 is 0 Å². The van der Waals surface area contributed by atoms with Gasteiger partial charge in [-0.05, 0) is 45.2 Å². The van der Waals surface area contributed by atoms with Crippen LogP contribution < -0.4 is 5.32 Å². The van der Waals surface area contributed by atoms with E-state index < -0.39 is 0 Å². The van der Waals surface area contributed by atoms with Crippen molar-refractivity contribution in [3.8, 4) is 0 Å². The fourth-order valence-corrected chi connectivity index (χ4v) is 3.14. The zero-order valence-corrected chi connectivity index (χ0v) is 13.9. The number of rotatable bonds is 2. The highest BCUT2D eigenvalue weighted by atomic mass is 16.3. The van der Waals surface area contributed by atoms with E-state index in [0.717, 1.165) is 31.2 Å². The minimum absolute atomic E-state index is 0.295. The predicted octanol–water partition coefficient (Wildman–Crippen LogP) is 3.67. The van der Waals surface area contributed by atoms with Crippen LogP contribution in [0.15, 0.2) is 10.5 Å². The minimum Gasteiger partial charge on any atom is -0.466 e. The second-order valence-electron chi connectivity index (χ2n) is 7.27. The second kappa shape index (κ2) is 5.90. The molecule has 20 heavy (non-hydrogen) atoms. The van der Waals surface area contributed by atoms with Crippen molar-refractivity contribution in [3.05, 3.63) is 23.2 Å². The lowest BCUT2D eigenvalue weighted by Crippen LogP contribution is -2.46. The quantitative estimate of drug-likeness (QED) is 0.895. The van der Waals surface area contributed by atoms with Crippen LogP contribution in [-0.4, -0.2) is 30.6 Å². The van der Waals surface area contributed by atoms with Crippen LogP contribution in [0.25, 0.3) is 0 Å². The van der Waals surface area contributed by atoms with Crippen molar-refractivity contribution >= 4 is 0 Å². The van der Waals surface area contributed by atoms with Gasteiger partial charge in [0.05, 0.1) is 0 Å². The summed E-state index contributed by atoms with van der Waals surface area (Å²) in [5.74, 6) is 2.09. The zero-order chi connectivity index (χ0) is 14.9. The van der Waals surface area contributed by atoms with Crippen LogP contribution >= 0.6 is 0 Å². The molecule has 0 aromatic carbocycles. The normalized spacial score (nSPS) is 23.6. The summed E-state index contributed by atoms with van der Waals surface area (Å²) < 4.78 is 5.71. The fourth-order valence-electron chi connectivity index (χ4n) is 3.14. The molecule has 0 saturated carbocycles. The van der Waals surface area contributed by atoms with E-state index in [9.17, 15) is 0 Å². The molecular formula is C17H30N2O. The number of hydrogen-bond acceptors (Lipinski definition) is 3. The zero-order valence-electron chi connectivity index (χ0n) is 13.9. The van der Waals surface area contributed by atoms with Crippen molar-refractivity contribution in [3.63, 3.8) is 0 Å². The molecule has 2 rings (SSSR count). The van der Waals surface area contributed by atoms with Gasteiger partial charge in [0.15, 0.2) is 0 Å². The van der Waals surface area contributed by atoms with Crippen molar-refractivity contribution in [1.82, 2.24) is 10.2 Å². The van der Waals surface area contributed by atoms with Crippen LogP contribution in [0.5, 0.6) is 0 Å². The third kappa shape index (κ3) is 3.44. The maximum Gasteiger partial charge on any atom is 0.105 e. The van der Waals surface area contributed by atoms with Crippen LogP contribution in [0.4, 0.5) is 0 Å². The summed E-state index contributed by atoms with van der Waals surface area (Å²) in [5, 5.41) is 3.71. The third-order valence-electron chi connectivity index (χ3n) is 4.55. The lowest BCUT2D eigenvalue weighted by atomic mass is 9.86. The maximum absolute atomic E-state index is 5.71.